The SMILES string of the molecule is C=CC(=O)OC=O.[H-].[Na+]. The van der Waals surface area contributed by atoms with Gasteiger partial charge in [0, 0.05) is 6.08 Å². The van der Waals surface area contributed by atoms with Gasteiger partial charge in [-0.3, -0.25) is 4.79 Å². The van der Waals surface area contributed by atoms with Crippen LogP contribution in [0.5, 0.6) is 0 Å². The van der Waals surface area contributed by atoms with E-state index in [4.69, 9.17) is 0 Å². The van der Waals surface area contributed by atoms with Crippen LogP contribution in [0.15, 0.2) is 12.7 Å². The van der Waals surface area contributed by atoms with Crippen LogP contribution in [0, 0.1) is 0 Å². The predicted octanol–water partition coefficient (Wildman–Crippen LogP) is -3.01. The summed E-state index contributed by atoms with van der Waals surface area (Å²) in [5.41, 5.74) is 0. The minimum absolute atomic E-state index is 0. The first-order valence-corrected chi connectivity index (χ1v) is 1.58. The maximum Gasteiger partial charge on any atom is 1.00 e. The topological polar surface area (TPSA) is 43.4 Å². The van der Waals surface area contributed by atoms with Gasteiger partial charge in [-0.15, -0.1) is 0 Å². The van der Waals surface area contributed by atoms with Gasteiger partial charge in [-0.25, -0.2) is 4.79 Å². The van der Waals surface area contributed by atoms with Gasteiger partial charge in [0.1, 0.15) is 0 Å². The van der Waals surface area contributed by atoms with Crippen LogP contribution in [-0.2, 0) is 14.3 Å². The molecule has 0 spiro atoms. The van der Waals surface area contributed by atoms with E-state index in [1.54, 1.807) is 0 Å². The van der Waals surface area contributed by atoms with E-state index in [0.29, 0.717) is 0 Å². The number of hydrogen-bond donors (Lipinski definition) is 0. The van der Waals surface area contributed by atoms with Gasteiger partial charge in [-0.05, 0) is 0 Å². The Kier molecular flexibility index (Phi) is 9.28. The molecule has 40 valence electrons. The van der Waals surface area contributed by atoms with E-state index in [-0.39, 0.29) is 37.5 Å². The van der Waals surface area contributed by atoms with Crippen LogP contribution in [0.1, 0.15) is 1.43 Å². The molecule has 3 nitrogen and oxygen atoms in total. The van der Waals surface area contributed by atoms with Gasteiger partial charge in [-0.1, -0.05) is 6.58 Å². The van der Waals surface area contributed by atoms with Crippen LogP contribution in [0.4, 0.5) is 0 Å². The van der Waals surface area contributed by atoms with E-state index < -0.39 is 5.97 Å². The van der Waals surface area contributed by atoms with Crippen LogP contribution < -0.4 is 29.6 Å². The van der Waals surface area contributed by atoms with Gasteiger partial charge in [0.2, 0.25) is 0 Å². The molecule has 0 atom stereocenters. The van der Waals surface area contributed by atoms with Crippen molar-refractivity contribution in [2.75, 3.05) is 0 Å². The molecule has 0 bridgehead atoms. The van der Waals surface area contributed by atoms with Crippen molar-refractivity contribution in [3.8, 4) is 0 Å². The molecule has 0 saturated heterocycles. The summed E-state index contributed by atoms with van der Waals surface area (Å²) in [4.78, 5) is 19.1. The monoisotopic (exact) mass is 124 g/mol. The summed E-state index contributed by atoms with van der Waals surface area (Å²) in [6, 6.07) is 0. The van der Waals surface area contributed by atoms with Gasteiger partial charge in [0.05, 0.1) is 0 Å². The van der Waals surface area contributed by atoms with Crippen molar-refractivity contribution in [1.29, 1.82) is 0 Å². The van der Waals surface area contributed by atoms with Crippen molar-refractivity contribution in [2.45, 2.75) is 0 Å². The van der Waals surface area contributed by atoms with Crippen molar-refractivity contribution >= 4 is 12.4 Å². The van der Waals surface area contributed by atoms with E-state index in [1.807, 2.05) is 0 Å². The Balaban J connectivity index is -0.000000180. The molecule has 0 aromatic heterocycles. The van der Waals surface area contributed by atoms with Gasteiger partial charge >= 0.3 is 42.0 Å². The third-order valence-corrected chi connectivity index (χ3v) is 0.331. The molecule has 0 aliphatic carbocycles. The molecule has 0 aliphatic heterocycles. The van der Waals surface area contributed by atoms with Crippen molar-refractivity contribution in [1.82, 2.24) is 0 Å². The minimum Gasteiger partial charge on any atom is -1.00 e. The normalized spacial score (nSPS) is 6.00. The molecule has 0 rings (SSSR count). The maximum absolute atomic E-state index is 9.84. The number of carbonyl (C=O) groups is 2. The van der Waals surface area contributed by atoms with E-state index in [0.717, 1.165) is 6.08 Å². The molecule has 0 saturated carbocycles. The molecule has 0 radical (unpaired) electrons. The molecule has 0 amide bonds. The van der Waals surface area contributed by atoms with E-state index in [9.17, 15) is 9.59 Å². The maximum atomic E-state index is 9.84. The minimum atomic E-state index is -0.727. The van der Waals surface area contributed by atoms with Crippen LogP contribution >= 0.6 is 0 Å². The van der Waals surface area contributed by atoms with E-state index in [2.05, 4.69) is 11.3 Å². The third kappa shape index (κ3) is 5.88. The van der Waals surface area contributed by atoms with Gasteiger partial charge in [0.25, 0.3) is 0 Å². The standard InChI is InChI=1S/C4H4O3.Na.H/c1-2-4(6)7-3-5;;/h2-3H,1H2;;/q;+1;-1. The summed E-state index contributed by atoms with van der Waals surface area (Å²) in [5, 5.41) is 0. The summed E-state index contributed by atoms with van der Waals surface area (Å²) in [5.74, 6) is -0.727. The zero-order valence-electron chi connectivity index (χ0n) is 5.59. The second kappa shape index (κ2) is 6.88. The number of ether oxygens (including phenoxy) is 1. The fourth-order valence-corrected chi connectivity index (χ4v) is 0.0955. The summed E-state index contributed by atoms with van der Waals surface area (Å²) < 4.78 is 3.75. The fraction of sp³-hybridized carbons (Fsp3) is 0. The molecule has 0 N–H and O–H groups in total. The number of rotatable bonds is 2. The Bertz CT molecular complexity index is 104. The van der Waals surface area contributed by atoms with Crippen LogP contribution in [0.25, 0.3) is 0 Å². The molecule has 0 aliphatic rings. The molecular weight excluding hydrogens is 119 g/mol. The molecular formula is C4H5NaO3. The largest absolute Gasteiger partial charge is 1.00 e. The number of hydrogen-bond acceptors (Lipinski definition) is 3. The van der Waals surface area contributed by atoms with Crippen molar-refractivity contribution in [3.05, 3.63) is 12.7 Å². The van der Waals surface area contributed by atoms with Gasteiger partial charge < -0.3 is 6.16 Å². The summed E-state index contributed by atoms with van der Waals surface area (Å²) >= 11 is 0. The number of carbonyl (C=O) groups excluding carboxylic acids is 2. The fourth-order valence-electron chi connectivity index (χ4n) is 0.0955. The smallest absolute Gasteiger partial charge is 1.00 e. The first-order chi connectivity index (χ1) is 3.31. The van der Waals surface area contributed by atoms with Gasteiger partial charge in [0.15, 0.2) is 0 Å². The van der Waals surface area contributed by atoms with Crippen molar-refractivity contribution < 1.29 is 45.3 Å². The zero-order chi connectivity index (χ0) is 5.70. The van der Waals surface area contributed by atoms with E-state index in [1.165, 1.54) is 0 Å². The average molecular weight is 124 g/mol. The number of esters is 1. The average Bonchev–Trinajstić information content (AvgIpc) is 1.68. The molecule has 0 aromatic carbocycles. The van der Waals surface area contributed by atoms with Crippen LogP contribution in [-0.4, -0.2) is 12.4 Å². The molecule has 4 heteroatoms. The molecule has 0 unspecified atom stereocenters. The molecule has 0 fully saturated rings. The predicted molar refractivity (Wildman–Crippen MR) is 23.5 cm³/mol. The van der Waals surface area contributed by atoms with Crippen molar-refractivity contribution in [2.24, 2.45) is 0 Å². The Morgan fingerprint density at radius 2 is 2.25 bits per heavy atom. The summed E-state index contributed by atoms with van der Waals surface area (Å²) in [7, 11) is 0. The molecule has 0 aromatic rings. The van der Waals surface area contributed by atoms with E-state index >= 15 is 0 Å². The molecule has 8 heavy (non-hydrogen) atoms. The van der Waals surface area contributed by atoms with Crippen LogP contribution in [0.3, 0.4) is 0 Å². The zero-order valence-corrected chi connectivity index (χ0v) is 6.59. The third-order valence-electron chi connectivity index (χ3n) is 0.331. The Labute approximate surface area is 70.5 Å². The van der Waals surface area contributed by atoms with Gasteiger partial charge in [-0.2, -0.15) is 0 Å². The first-order valence-electron chi connectivity index (χ1n) is 1.58. The summed E-state index contributed by atoms with van der Waals surface area (Å²) in [6.07, 6.45) is 0.911. The Morgan fingerprint density at radius 1 is 1.75 bits per heavy atom. The molecule has 0 heterocycles. The second-order valence-corrected chi connectivity index (χ2v) is 0.737. The van der Waals surface area contributed by atoms with Crippen molar-refractivity contribution in [3.63, 3.8) is 0 Å². The van der Waals surface area contributed by atoms with Crippen LogP contribution in [0.2, 0.25) is 0 Å². The Hall–Kier alpha value is -0.120. The Morgan fingerprint density at radius 3 is 2.38 bits per heavy atom. The summed E-state index contributed by atoms with van der Waals surface area (Å²) in [6.45, 7) is 3.11. The quantitative estimate of drug-likeness (QED) is 0.129. The second-order valence-electron chi connectivity index (χ2n) is 0.737. The first kappa shape index (κ1) is 10.8.